The van der Waals surface area contributed by atoms with Crippen molar-refractivity contribution >= 4 is 28.8 Å². The zero-order valence-corrected chi connectivity index (χ0v) is 13.6. The topological polar surface area (TPSA) is 81.6 Å². The second-order valence-corrected chi connectivity index (χ2v) is 8.14. The van der Waals surface area contributed by atoms with Gasteiger partial charge in [-0.05, 0) is 40.7 Å². The molecular formula is C12H18FNO4S2. The fourth-order valence-electron chi connectivity index (χ4n) is 1.20. The Labute approximate surface area is 124 Å². The first-order valence-electron chi connectivity index (χ1n) is 5.84. The van der Waals surface area contributed by atoms with Gasteiger partial charge in [0.05, 0.1) is 5.60 Å². The Morgan fingerprint density at radius 2 is 2.00 bits per heavy atom. The first-order chi connectivity index (χ1) is 8.90. The summed E-state index contributed by atoms with van der Waals surface area (Å²) in [6.45, 7) is 7.97. The van der Waals surface area contributed by atoms with Crippen molar-refractivity contribution in [3.05, 3.63) is 16.8 Å². The van der Waals surface area contributed by atoms with Gasteiger partial charge in [-0.25, -0.2) is 9.18 Å². The summed E-state index contributed by atoms with van der Waals surface area (Å²) in [4.78, 5) is 11.8. The van der Waals surface area contributed by atoms with Crippen molar-refractivity contribution in [1.82, 2.24) is 4.72 Å². The highest BCUT2D eigenvalue weighted by Crippen LogP contribution is 2.32. The van der Waals surface area contributed by atoms with Crippen LogP contribution in [0.15, 0.2) is 10.3 Å². The number of carbonyl (C=O) groups is 1. The third kappa shape index (κ3) is 4.93. The number of hydrogen-bond acceptors (Lipinski definition) is 5. The van der Waals surface area contributed by atoms with Crippen LogP contribution in [0.3, 0.4) is 0 Å². The van der Waals surface area contributed by atoms with Crippen molar-refractivity contribution in [2.24, 2.45) is 0 Å². The van der Waals surface area contributed by atoms with Crippen molar-refractivity contribution in [2.75, 3.05) is 0 Å². The Morgan fingerprint density at radius 1 is 1.45 bits per heavy atom. The molecular weight excluding hydrogens is 305 g/mol. The minimum atomic E-state index is -2.07. The van der Waals surface area contributed by atoms with Crippen LogP contribution in [-0.4, -0.2) is 21.4 Å². The van der Waals surface area contributed by atoms with E-state index in [1.807, 2.05) is 0 Å². The molecule has 0 spiro atoms. The van der Waals surface area contributed by atoms with Crippen LogP contribution < -0.4 is 4.72 Å². The predicted octanol–water partition coefficient (Wildman–Crippen LogP) is 2.66. The van der Waals surface area contributed by atoms with Gasteiger partial charge >= 0.3 is 6.09 Å². The van der Waals surface area contributed by atoms with Crippen LogP contribution in [0.25, 0.3) is 0 Å². The highest BCUT2D eigenvalue weighted by Gasteiger charge is 2.30. The van der Waals surface area contributed by atoms with Gasteiger partial charge in [-0.15, -0.1) is 4.72 Å². The molecule has 0 aromatic carbocycles. The summed E-state index contributed by atoms with van der Waals surface area (Å²) in [5, 5.41) is 9.78. The lowest BCUT2D eigenvalue weighted by Crippen LogP contribution is -2.36. The first-order valence-corrected chi connectivity index (χ1v) is 7.80. The first kappa shape index (κ1) is 17.2. The van der Waals surface area contributed by atoms with Crippen LogP contribution in [0.4, 0.5) is 9.18 Å². The molecule has 1 aromatic rings. The SMILES string of the molecule is CC(C)(C)OC(=O)N[S+]([O-])c1sc(C(C)(C)O)cc1F. The van der Waals surface area contributed by atoms with E-state index in [0.717, 1.165) is 17.4 Å². The number of thiophene rings is 1. The number of amides is 1. The number of nitrogens with one attached hydrogen (secondary N) is 1. The summed E-state index contributed by atoms with van der Waals surface area (Å²) in [6, 6.07) is 1.11. The van der Waals surface area contributed by atoms with E-state index in [1.165, 1.54) is 13.8 Å². The minimum absolute atomic E-state index is 0.159. The van der Waals surface area contributed by atoms with Gasteiger partial charge in [0.15, 0.2) is 5.82 Å². The molecule has 1 amide bonds. The van der Waals surface area contributed by atoms with E-state index >= 15 is 0 Å². The predicted molar refractivity (Wildman–Crippen MR) is 75.3 cm³/mol. The van der Waals surface area contributed by atoms with E-state index in [-0.39, 0.29) is 4.21 Å². The average molecular weight is 323 g/mol. The Bertz CT molecular complexity index is 491. The number of halogens is 1. The summed E-state index contributed by atoms with van der Waals surface area (Å²) in [7, 11) is 0. The summed E-state index contributed by atoms with van der Waals surface area (Å²) in [5.74, 6) is -0.735. The van der Waals surface area contributed by atoms with Crippen molar-refractivity contribution in [1.29, 1.82) is 0 Å². The maximum absolute atomic E-state index is 13.7. The van der Waals surface area contributed by atoms with Crippen molar-refractivity contribution in [2.45, 2.75) is 50.0 Å². The van der Waals surface area contributed by atoms with Crippen LogP contribution in [0, 0.1) is 5.82 Å². The molecule has 1 heterocycles. The van der Waals surface area contributed by atoms with E-state index in [2.05, 4.69) is 4.72 Å². The molecule has 0 bridgehead atoms. The van der Waals surface area contributed by atoms with E-state index < -0.39 is 34.5 Å². The lowest BCUT2D eigenvalue weighted by molar-refractivity contribution is 0.0570. The average Bonchev–Trinajstić information content (AvgIpc) is 2.56. The van der Waals surface area contributed by atoms with Gasteiger partial charge in [-0.3, -0.25) is 0 Å². The summed E-state index contributed by atoms with van der Waals surface area (Å²) >= 11 is -1.23. The molecule has 1 aromatic heterocycles. The zero-order chi connectivity index (χ0) is 15.7. The molecule has 2 N–H and O–H groups in total. The van der Waals surface area contributed by atoms with Gasteiger partial charge in [0.1, 0.15) is 17.0 Å². The third-order valence-electron chi connectivity index (χ3n) is 2.00. The van der Waals surface area contributed by atoms with Crippen LogP contribution in [-0.2, 0) is 21.7 Å². The highest BCUT2D eigenvalue weighted by atomic mass is 32.2. The fraction of sp³-hybridized carbons (Fsp3) is 0.583. The van der Waals surface area contributed by atoms with E-state index in [4.69, 9.17) is 4.74 Å². The molecule has 0 aliphatic rings. The molecule has 0 aliphatic heterocycles. The van der Waals surface area contributed by atoms with Gasteiger partial charge in [-0.2, -0.15) is 0 Å². The van der Waals surface area contributed by atoms with Gasteiger partial charge in [0, 0.05) is 4.88 Å². The van der Waals surface area contributed by atoms with Gasteiger partial charge < -0.3 is 14.4 Å². The molecule has 5 nitrogen and oxygen atoms in total. The van der Waals surface area contributed by atoms with Crippen molar-refractivity contribution < 1.29 is 23.6 Å². The fourth-order valence-corrected chi connectivity index (χ4v) is 3.19. The van der Waals surface area contributed by atoms with E-state index in [0.29, 0.717) is 4.88 Å². The van der Waals surface area contributed by atoms with E-state index in [9.17, 15) is 18.8 Å². The third-order valence-corrected chi connectivity index (χ3v) is 4.81. The highest BCUT2D eigenvalue weighted by molar-refractivity contribution is 7.92. The van der Waals surface area contributed by atoms with Gasteiger partial charge in [0.2, 0.25) is 0 Å². The van der Waals surface area contributed by atoms with E-state index in [1.54, 1.807) is 20.8 Å². The number of ether oxygens (including phenoxy) is 1. The Hall–Kier alpha value is -0.830. The summed E-state index contributed by atoms with van der Waals surface area (Å²) in [5.41, 5.74) is -1.97. The number of carbonyl (C=O) groups excluding carboxylic acids is 1. The van der Waals surface area contributed by atoms with Crippen LogP contribution in [0.2, 0.25) is 0 Å². The van der Waals surface area contributed by atoms with Gasteiger partial charge in [-0.1, -0.05) is 11.3 Å². The van der Waals surface area contributed by atoms with Crippen LogP contribution in [0.5, 0.6) is 0 Å². The number of aliphatic hydroxyl groups is 1. The molecule has 114 valence electrons. The van der Waals surface area contributed by atoms with Crippen LogP contribution in [0.1, 0.15) is 39.5 Å². The second kappa shape index (κ2) is 5.88. The normalized spacial score (nSPS) is 14.0. The Balaban J connectivity index is 2.81. The van der Waals surface area contributed by atoms with Gasteiger partial charge in [0.25, 0.3) is 4.21 Å². The molecule has 0 radical (unpaired) electrons. The monoisotopic (exact) mass is 323 g/mol. The Kier molecular flexibility index (Phi) is 5.07. The Morgan fingerprint density at radius 3 is 2.40 bits per heavy atom. The molecule has 1 rings (SSSR count). The molecule has 1 atom stereocenters. The molecule has 1 unspecified atom stereocenters. The lowest BCUT2D eigenvalue weighted by atomic mass is 10.1. The molecule has 0 saturated carbocycles. The largest absolute Gasteiger partial charge is 0.587 e. The summed E-state index contributed by atoms with van der Waals surface area (Å²) in [6.07, 6.45) is -0.895. The maximum Gasteiger partial charge on any atom is 0.449 e. The van der Waals surface area contributed by atoms with Crippen molar-refractivity contribution in [3.8, 4) is 0 Å². The maximum atomic E-state index is 13.7. The zero-order valence-electron chi connectivity index (χ0n) is 11.9. The molecule has 0 aliphatic carbocycles. The molecule has 8 heteroatoms. The second-order valence-electron chi connectivity index (χ2n) is 5.68. The standard InChI is InChI=1S/C12H18FNO4S2/c1-11(2,3)18-10(15)14-20(17)9-7(13)6-8(19-9)12(4,5)16/h6,16H,1-5H3,(H,14,15). The molecule has 20 heavy (non-hydrogen) atoms. The van der Waals surface area contributed by atoms with Crippen LogP contribution >= 0.6 is 11.3 Å². The summed E-state index contributed by atoms with van der Waals surface area (Å²) < 4.78 is 32.4. The smallest absolute Gasteiger partial charge is 0.449 e. The molecule has 0 saturated heterocycles. The lowest BCUT2D eigenvalue weighted by Gasteiger charge is -2.19. The number of rotatable bonds is 3. The quantitative estimate of drug-likeness (QED) is 0.838. The van der Waals surface area contributed by atoms with Crippen molar-refractivity contribution in [3.63, 3.8) is 0 Å². The minimum Gasteiger partial charge on any atom is -0.587 e. The number of hydrogen-bond donors (Lipinski definition) is 2. The molecule has 0 fully saturated rings.